The lowest BCUT2D eigenvalue weighted by atomic mass is 10.2. The zero-order valence-corrected chi connectivity index (χ0v) is 15.0. The predicted octanol–water partition coefficient (Wildman–Crippen LogP) is 1.81. The fraction of sp³-hybridized carbons (Fsp3) is 0.250. The van der Waals surface area contributed by atoms with Crippen LogP contribution in [0.3, 0.4) is 0 Å². The number of benzene rings is 2. The smallest absolute Gasteiger partial charge is 0.408 e. The summed E-state index contributed by atoms with van der Waals surface area (Å²) in [5.41, 5.74) is 2.11. The summed E-state index contributed by atoms with van der Waals surface area (Å²) in [6.07, 6.45) is 0.0692. The summed E-state index contributed by atoms with van der Waals surface area (Å²) in [6, 6.07) is 15.9. The van der Waals surface area contributed by atoms with E-state index in [1.165, 1.54) is 4.57 Å². The first-order valence-corrected chi connectivity index (χ1v) is 8.74. The number of hydrogen-bond acceptors (Lipinski definition) is 4. The van der Waals surface area contributed by atoms with Crippen molar-refractivity contribution in [3.63, 3.8) is 0 Å². The van der Waals surface area contributed by atoms with Crippen molar-refractivity contribution in [1.82, 2.24) is 15.2 Å². The summed E-state index contributed by atoms with van der Waals surface area (Å²) in [5.74, 6) is -1.08. The topological polar surface area (TPSA) is 93.3 Å². The molecule has 2 N–H and O–H groups in total. The third-order valence-electron chi connectivity index (χ3n) is 4.22. The highest BCUT2D eigenvalue weighted by Gasteiger charge is 2.16. The number of oxazole rings is 1. The van der Waals surface area contributed by atoms with Gasteiger partial charge in [-0.05, 0) is 24.6 Å². The molecule has 1 aromatic heterocycles. The third kappa shape index (κ3) is 4.63. The molecule has 0 radical (unpaired) electrons. The Morgan fingerprint density at radius 1 is 1.07 bits per heavy atom. The monoisotopic (exact) mass is 367 g/mol. The second-order valence-corrected chi connectivity index (χ2v) is 6.23. The van der Waals surface area contributed by atoms with E-state index in [9.17, 15) is 14.4 Å². The van der Waals surface area contributed by atoms with Crippen LogP contribution >= 0.6 is 0 Å². The lowest BCUT2D eigenvalue weighted by Crippen LogP contribution is -2.44. The highest BCUT2D eigenvalue weighted by Crippen LogP contribution is 2.11. The van der Waals surface area contributed by atoms with Crippen LogP contribution in [-0.4, -0.2) is 22.4 Å². The van der Waals surface area contributed by atoms with E-state index in [-0.39, 0.29) is 24.8 Å². The van der Waals surface area contributed by atoms with Crippen LogP contribution in [-0.2, 0) is 22.7 Å². The summed E-state index contributed by atoms with van der Waals surface area (Å²) in [5, 5.41) is 5.43. The van der Waals surface area contributed by atoms with Gasteiger partial charge in [0, 0.05) is 19.5 Å². The molecule has 1 heterocycles. The van der Waals surface area contributed by atoms with Gasteiger partial charge >= 0.3 is 5.76 Å². The largest absolute Gasteiger partial charge is 0.419 e. The molecule has 7 nitrogen and oxygen atoms in total. The van der Waals surface area contributed by atoms with Crippen molar-refractivity contribution in [2.24, 2.45) is 0 Å². The minimum Gasteiger partial charge on any atom is -0.408 e. The van der Waals surface area contributed by atoms with Crippen molar-refractivity contribution >= 4 is 22.9 Å². The summed E-state index contributed by atoms with van der Waals surface area (Å²) in [4.78, 5) is 36.2. The van der Waals surface area contributed by atoms with Crippen LogP contribution in [0.2, 0.25) is 0 Å². The minimum atomic E-state index is -0.668. The summed E-state index contributed by atoms with van der Waals surface area (Å²) in [7, 11) is 0. The van der Waals surface area contributed by atoms with Gasteiger partial charge in [-0.2, -0.15) is 0 Å². The predicted molar refractivity (Wildman–Crippen MR) is 101 cm³/mol. The standard InChI is InChI=1S/C20H21N3O4/c1-14(19(25)21-13-15-7-3-2-4-8-15)22-18(24)11-12-23-16-9-5-6-10-17(16)27-20(23)26/h2-10,14H,11-13H2,1H3,(H,21,25)(H,22,24)/t14-/m0/s1. The number of carbonyl (C=O) groups is 2. The molecule has 0 spiro atoms. The Hall–Kier alpha value is -3.35. The second kappa shape index (κ2) is 8.35. The maximum Gasteiger partial charge on any atom is 0.419 e. The molecule has 0 aliphatic heterocycles. The van der Waals surface area contributed by atoms with Gasteiger partial charge in [0.15, 0.2) is 5.58 Å². The fourth-order valence-electron chi connectivity index (χ4n) is 2.76. The van der Waals surface area contributed by atoms with Gasteiger partial charge in [-0.3, -0.25) is 14.2 Å². The Bertz CT molecular complexity index is 991. The molecule has 0 saturated heterocycles. The molecule has 2 amide bonds. The van der Waals surface area contributed by atoms with Gasteiger partial charge in [0.2, 0.25) is 11.8 Å². The number of nitrogens with one attached hydrogen (secondary N) is 2. The van der Waals surface area contributed by atoms with E-state index in [4.69, 9.17) is 4.42 Å². The summed E-state index contributed by atoms with van der Waals surface area (Å²) in [6.45, 7) is 2.20. The molecule has 27 heavy (non-hydrogen) atoms. The van der Waals surface area contributed by atoms with Gasteiger partial charge in [-0.1, -0.05) is 42.5 Å². The quantitative estimate of drug-likeness (QED) is 0.666. The number of para-hydroxylation sites is 2. The van der Waals surface area contributed by atoms with E-state index in [0.717, 1.165) is 5.56 Å². The highest BCUT2D eigenvalue weighted by atomic mass is 16.4. The van der Waals surface area contributed by atoms with Gasteiger partial charge in [0.1, 0.15) is 6.04 Å². The summed E-state index contributed by atoms with van der Waals surface area (Å²) >= 11 is 0. The number of aryl methyl sites for hydroxylation is 1. The molecule has 0 aliphatic rings. The molecular formula is C20H21N3O4. The molecule has 3 aromatic rings. The van der Waals surface area contributed by atoms with Gasteiger partial charge in [-0.25, -0.2) is 4.79 Å². The van der Waals surface area contributed by atoms with Gasteiger partial charge in [0.05, 0.1) is 5.52 Å². The maximum atomic E-state index is 12.1. The minimum absolute atomic E-state index is 0.0692. The number of fused-ring (bicyclic) bond motifs is 1. The van der Waals surface area contributed by atoms with Crippen LogP contribution in [0, 0.1) is 0 Å². The first-order chi connectivity index (χ1) is 13.0. The van der Waals surface area contributed by atoms with Gasteiger partial charge in [0.25, 0.3) is 0 Å². The zero-order chi connectivity index (χ0) is 19.2. The number of aromatic nitrogens is 1. The SMILES string of the molecule is C[C@H](NC(=O)CCn1c(=O)oc2ccccc21)C(=O)NCc1ccccc1. The van der Waals surface area contributed by atoms with E-state index in [0.29, 0.717) is 17.6 Å². The van der Waals surface area contributed by atoms with Crippen LogP contribution in [0.1, 0.15) is 18.9 Å². The first-order valence-electron chi connectivity index (χ1n) is 8.74. The Morgan fingerprint density at radius 3 is 2.56 bits per heavy atom. The maximum absolute atomic E-state index is 12.1. The lowest BCUT2D eigenvalue weighted by Gasteiger charge is -2.14. The number of hydrogen-bond donors (Lipinski definition) is 2. The highest BCUT2D eigenvalue weighted by molar-refractivity contribution is 5.87. The zero-order valence-electron chi connectivity index (χ0n) is 15.0. The first kappa shape index (κ1) is 18.4. The van der Waals surface area contributed by atoms with E-state index < -0.39 is 11.8 Å². The molecule has 2 aromatic carbocycles. The average Bonchev–Trinajstić information content (AvgIpc) is 3.00. The molecular weight excluding hydrogens is 346 g/mol. The van der Waals surface area contributed by atoms with E-state index >= 15 is 0 Å². The van der Waals surface area contributed by atoms with Crippen LogP contribution in [0.4, 0.5) is 0 Å². The third-order valence-corrected chi connectivity index (χ3v) is 4.22. The molecule has 0 unspecified atom stereocenters. The van der Waals surface area contributed by atoms with Crippen LogP contribution < -0.4 is 16.4 Å². The van der Waals surface area contributed by atoms with E-state index in [1.54, 1.807) is 31.2 Å². The van der Waals surface area contributed by atoms with Crippen LogP contribution in [0.5, 0.6) is 0 Å². The molecule has 3 rings (SSSR count). The fourth-order valence-corrected chi connectivity index (χ4v) is 2.76. The number of carbonyl (C=O) groups excluding carboxylic acids is 2. The Kier molecular flexibility index (Phi) is 5.71. The van der Waals surface area contributed by atoms with Crippen LogP contribution in [0.15, 0.2) is 63.8 Å². The van der Waals surface area contributed by atoms with Crippen molar-refractivity contribution in [3.8, 4) is 0 Å². The van der Waals surface area contributed by atoms with Gasteiger partial charge in [-0.15, -0.1) is 0 Å². The molecule has 140 valence electrons. The second-order valence-electron chi connectivity index (χ2n) is 6.23. The van der Waals surface area contributed by atoms with Crippen molar-refractivity contribution in [3.05, 3.63) is 70.7 Å². The molecule has 0 fully saturated rings. The number of nitrogens with zero attached hydrogens (tertiary/aromatic N) is 1. The lowest BCUT2D eigenvalue weighted by molar-refractivity contribution is -0.128. The normalized spacial score (nSPS) is 11.9. The number of amides is 2. The van der Waals surface area contributed by atoms with Crippen molar-refractivity contribution in [2.75, 3.05) is 0 Å². The molecule has 0 saturated carbocycles. The Labute approximate surface area is 156 Å². The molecule has 0 bridgehead atoms. The average molecular weight is 367 g/mol. The summed E-state index contributed by atoms with van der Waals surface area (Å²) < 4.78 is 6.55. The number of rotatable bonds is 7. The molecule has 0 aliphatic carbocycles. The van der Waals surface area contributed by atoms with Gasteiger partial charge < -0.3 is 15.1 Å². The van der Waals surface area contributed by atoms with Crippen molar-refractivity contribution in [1.29, 1.82) is 0 Å². The molecule has 1 atom stereocenters. The Morgan fingerprint density at radius 2 is 1.78 bits per heavy atom. The van der Waals surface area contributed by atoms with E-state index in [2.05, 4.69) is 10.6 Å². The molecule has 7 heteroatoms. The Balaban J connectivity index is 1.50. The van der Waals surface area contributed by atoms with Crippen LogP contribution in [0.25, 0.3) is 11.1 Å². The van der Waals surface area contributed by atoms with E-state index in [1.807, 2.05) is 30.3 Å². The van der Waals surface area contributed by atoms with Crippen molar-refractivity contribution in [2.45, 2.75) is 32.5 Å². The van der Waals surface area contributed by atoms with Crippen molar-refractivity contribution < 1.29 is 14.0 Å².